The monoisotopic (exact) mass is 260 g/mol. The highest BCUT2D eigenvalue weighted by molar-refractivity contribution is 5.23. The standard InChI is InChI=1S/C17H28N2/c1-4-18-13-15-6-5-7-16(12-15)14-19-10-8-17(2,3)9-11-19/h5-7,12,18H,4,8-11,13-14H2,1-3H3. The average molecular weight is 260 g/mol. The van der Waals surface area contributed by atoms with Crippen LogP contribution in [0.3, 0.4) is 0 Å². The summed E-state index contributed by atoms with van der Waals surface area (Å²) in [6, 6.07) is 9.01. The van der Waals surface area contributed by atoms with E-state index in [0.717, 1.165) is 19.6 Å². The summed E-state index contributed by atoms with van der Waals surface area (Å²) in [7, 11) is 0. The van der Waals surface area contributed by atoms with E-state index in [9.17, 15) is 0 Å². The van der Waals surface area contributed by atoms with Crippen molar-refractivity contribution in [2.24, 2.45) is 5.41 Å². The van der Waals surface area contributed by atoms with E-state index in [1.54, 1.807) is 0 Å². The van der Waals surface area contributed by atoms with Crippen molar-refractivity contribution in [2.45, 2.75) is 46.7 Å². The largest absolute Gasteiger partial charge is 0.313 e. The molecular formula is C17H28N2. The van der Waals surface area contributed by atoms with E-state index in [1.807, 2.05) is 0 Å². The molecule has 106 valence electrons. The predicted molar refractivity (Wildman–Crippen MR) is 82.1 cm³/mol. The Balaban J connectivity index is 1.89. The van der Waals surface area contributed by atoms with Gasteiger partial charge in [-0.15, -0.1) is 0 Å². The van der Waals surface area contributed by atoms with E-state index in [2.05, 4.69) is 55.3 Å². The first-order chi connectivity index (χ1) is 9.09. The van der Waals surface area contributed by atoms with Crippen molar-refractivity contribution in [3.8, 4) is 0 Å². The number of hydrogen-bond donors (Lipinski definition) is 1. The number of hydrogen-bond acceptors (Lipinski definition) is 2. The third-order valence-corrected chi connectivity index (χ3v) is 4.19. The van der Waals surface area contributed by atoms with Crippen molar-refractivity contribution < 1.29 is 0 Å². The minimum absolute atomic E-state index is 0.545. The second-order valence-electron chi connectivity index (χ2n) is 6.54. The van der Waals surface area contributed by atoms with Crippen molar-refractivity contribution in [3.63, 3.8) is 0 Å². The molecule has 0 unspecified atom stereocenters. The Hall–Kier alpha value is -0.860. The highest BCUT2D eigenvalue weighted by Gasteiger charge is 2.25. The summed E-state index contributed by atoms with van der Waals surface area (Å²) in [5.41, 5.74) is 3.40. The van der Waals surface area contributed by atoms with Crippen LogP contribution in [0.4, 0.5) is 0 Å². The number of piperidine rings is 1. The van der Waals surface area contributed by atoms with Gasteiger partial charge in [0.25, 0.3) is 0 Å². The lowest BCUT2D eigenvalue weighted by Gasteiger charge is -2.37. The van der Waals surface area contributed by atoms with E-state index in [-0.39, 0.29) is 0 Å². The maximum Gasteiger partial charge on any atom is 0.0233 e. The molecule has 2 rings (SSSR count). The molecule has 1 aromatic rings. The molecular weight excluding hydrogens is 232 g/mol. The Morgan fingerprint density at radius 2 is 1.84 bits per heavy atom. The summed E-state index contributed by atoms with van der Waals surface area (Å²) in [6.45, 7) is 12.5. The van der Waals surface area contributed by atoms with Gasteiger partial charge < -0.3 is 5.32 Å². The first kappa shape index (κ1) is 14.5. The molecule has 0 atom stereocenters. The van der Waals surface area contributed by atoms with Crippen molar-refractivity contribution in [2.75, 3.05) is 19.6 Å². The summed E-state index contributed by atoms with van der Waals surface area (Å²) in [5, 5.41) is 3.39. The molecule has 1 aromatic carbocycles. The molecule has 0 amide bonds. The first-order valence-corrected chi connectivity index (χ1v) is 7.60. The molecule has 19 heavy (non-hydrogen) atoms. The number of nitrogens with one attached hydrogen (secondary N) is 1. The van der Waals surface area contributed by atoms with Crippen LogP contribution in [-0.2, 0) is 13.1 Å². The third-order valence-electron chi connectivity index (χ3n) is 4.19. The zero-order valence-corrected chi connectivity index (χ0v) is 12.7. The third kappa shape index (κ3) is 4.63. The Bertz CT molecular complexity index is 388. The number of benzene rings is 1. The van der Waals surface area contributed by atoms with Gasteiger partial charge in [0.1, 0.15) is 0 Å². The minimum atomic E-state index is 0.545. The number of rotatable bonds is 5. The van der Waals surface area contributed by atoms with Crippen LogP contribution in [-0.4, -0.2) is 24.5 Å². The Kier molecular flexibility index (Phi) is 5.00. The van der Waals surface area contributed by atoms with Gasteiger partial charge in [-0.1, -0.05) is 45.0 Å². The molecule has 1 aliphatic rings. The van der Waals surface area contributed by atoms with E-state index in [0.29, 0.717) is 5.41 Å². The maximum absolute atomic E-state index is 3.39. The number of likely N-dealkylation sites (tertiary alicyclic amines) is 1. The molecule has 0 spiro atoms. The van der Waals surface area contributed by atoms with Crippen molar-refractivity contribution >= 4 is 0 Å². The van der Waals surface area contributed by atoms with Gasteiger partial charge in [0.2, 0.25) is 0 Å². The lowest BCUT2D eigenvalue weighted by Crippen LogP contribution is -2.36. The van der Waals surface area contributed by atoms with Crippen LogP contribution in [0.25, 0.3) is 0 Å². The molecule has 0 bridgehead atoms. The minimum Gasteiger partial charge on any atom is -0.313 e. The van der Waals surface area contributed by atoms with Crippen molar-refractivity contribution in [3.05, 3.63) is 35.4 Å². The first-order valence-electron chi connectivity index (χ1n) is 7.60. The van der Waals surface area contributed by atoms with Gasteiger partial charge in [0.05, 0.1) is 0 Å². The van der Waals surface area contributed by atoms with E-state index in [1.165, 1.54) is 37.1 Å². The van der Waals surface area contributed by atoms with E-state index in [4.69, 9.17) is 0 Å². The molecule has 1 saturated heterocycles. The molecule has 0 radical (unpaired) electrons. The molecule has 2 nitrogen and oxygen atoms in total. The topological polar surface area (TPSA) is 15.3 Å². The fraction of sp³-hybridized carbons (Fsp3) is 0.647. The Labute approximate surface area is 118 Å². The maximum atomic E-state index is 3.39. The Morgan fingerprint density at radius 3 is 2.53 bits per heavy atom. The zero-order valence-electron chi connectivity index (χ0n) is 12.7. The summed E-state index contributed by atoms with van der Waals surface area (Å²) in [4.78, 5) is 2.59. The molecule has 0 aromatic heterocycles. The molecule has 2 heteroatoms. The molecule has 0 saturated carbocycles. The predicted octanol–water partition coefficient (Wildman–Crippen LogP) is 3.42. The summed E-state index contributed by atoms with van der Waals surface area (Å²) in [6.07, 6.45) is 2.65. The smallest absolute Gasteiger partial charge is 0.0233 e. The van der Waals surface area contributed by atoms with Gasteiger partial charge in [0, 0.05) is 13.1 Å². The molecule has 1 aliphatic heterocycles. The fourth-order valence-electron chi connectivity index (χ4n) is 2.68. The van der Waals surface area contributed by atoms with Crippen LogP contribution in [0.15, 0.2) is 24.3 Å². The molecule has 1 N–H and O–H groups in total. The molecule has 1 heterocycles. The zero-order chi connectivity index (χ0) is 13.7. The Morgan fingerprint density at radius 1 is 1.16 bits per heavy atom. The second-order valence-corrected chi connectivity index (χ2v) is 6.54. The molecule has 0 aliphatic carbocycles. The van der Waals surface area contributed by atoms with E-state index >= 15 is 0 Å². The summed E-state index contributed by atoms with van der Waals surface area (Å²) < 4.78 is 0. The molecule has 1 fully saturated rings. The van der Waals surface area contributed by atoms with Gasteiger partial charge >= 0.3 is 0 Å². The second kappa shape index (κ2) is 6.53. The normalized spacial score (nSPS) is 19.5. The van der Waals surface area contributed by atoms with Gasteiger partial charge in [0.15, 0.2) is 0 Å². The van der Waals surface area contributed by atoms with Crippen LogP contribution in [0.2, 0.25) is 0 Å². The van der Waals surface area contributed by atoms with Crippen molar-refractivity contribution in [1.82, 2.24) is 10.2 Å². The van der Waals surface area contributed by atoms with Crippen molar-refractivity contribution in [1.29, 1.82) is 0 Å². The summed E-state index contributed by atoms with van der Waals surface area (Å²) in [5.74, 6) is 0. The van der Waals surface area contributed by atoms with Crippen LogP contribution in [0, 0.1) is 5.41 Å². The fourth-order valence-corrected chi connectivity index (χ4v) is 2.68. The van der Waals surface area contributed by atoms with Crippen LogP contribution < -0.4 is 5.32 Å². The summed E-state index contributed by atoms with van der Waals surface area (Å²) >= 11 is 0. The van der Waals surface area contributed by atoms with Gasteiger partial charge in [-0.25, -0.2) is 0 Å². The van der Waals surface area contributed by atoms with Crippen LogP contribution in [0.5, 0.6) is 0 Å². The highest BCUT2D eigenvalue weighted by atomic mass is 15.1. The quantitative estimate of drug-likeness (QED) is 0.872. The van der Waals surface area contributed by atoms with Crippen LogP contribution in [0.1, 0.15) is 44.7 Å². The van der Waals surface area contributed by atoms with Gasteiger partial charge in [-0.05, 0) is 49.0 Å². The lowest BCUT2D eigenvalue weighted by atomic mass is 9.82. The van der Waals surface area contributed by atoms with E-state index < -0.39 is 0 Å². The van der Waals surface area contributed by atoms with Gasteiger partial charge in [-0.3, -0.25) is 4.90 Å². The highest BCUT2D eigenvalue weighted by Crippen LogP contribution is 2.30. The lowest BCUT2D eigenvalue weighted by molar-refractivity contribution is 0.127. The SMILES string of the molecule is CCNCc1cccc(CN2CCC(C)(C)CC2)c1. The van der Waals surface area contributed by atoms with Gasteiger partial charge in [-0.2, -0.15) is 0 Å². The average Bonchev–Trinajstić information content (AvgIpc) is 2.39. The number of nitrogens with zero attached hydrogens (tertiary/aromatic N) is 1. The van der Waals surface area contributed by atoms with Crippen LogP contribution >= 0.6 is 0 Å².